The highest BCUT2D eigenvalue weighted by atomic mass is 15.3. The van der Waals surface area contributed by atoms with E-state index in [-0.39, 0.29) is 11.4 Å². The van der Waals surface area contributed by atoms with Crippen molar-refractivity contribution in [1.29, 1.82) is 5.26 Å². The van der Waals surface area contributed by atoms with Gasteiger partial charge in [0.1, 0.15) is 23.1 Å². The van der Waals surface area contributed by atoms with E-state index in [1.807, 2.05) is 6.07 Å². The third-order valence-corrected chi connectivity index (χ3v) is 1.58. The number of aromatic amines is 1. The minimum atomic E-state index is 0.139. The summed E-state index contributed by atoms with van der Waals surface area (Å²) >= 11 is 0. The van der Waals surface area contributed by atoms with Crippen LogP contribution >= 0.6 is 0 Å². The van der Waals surface area contributed by atoms with Crippen LogP contribution in [-0.4, -0.2) is 25.4 Å². The van der Waals surface area contributed by atoms with Crippen LogP contribution in [-0.2, 0) is 0 Å². The lowest BCUT2D eigenvalue weighted by molar-refractivity contribution is 0.938. The number of nitriles is 1. The SMILES string of the molecule is N#Cc1cnc(-c2cn[nH]n2)nc1N. The first-order chi connectivity index (χ1) is 6.81. The molecule has 0 saturated carbocycles. The first-order valence-corrected chi connectivity index (χ1v) is 3.70. The standard InChI is InChI=1S/C7H5N7/c8-1-4-2-10-7(12-6(4)9)5-3-11-14-13-5/h2-3H,(H2,9,10,12)(H,11,13,14). The topological polar surface area (TPSA) is 117 Å². The summed E-state index contributed by atoms with van der Waals surface area (Å²) in [5, 5.41) is 18.4. The predicted molar refractivity (Wildman–Crippen MR) is 46.5 cm³/mol. The van der Waals surface area contributed by atoms with Gasteiger partial charge >= 0.3 is 0 Å². The van der Waals surface area contributed by atoms with Crippen LogP contribution in [0.2, 0.25) is 0 Å². The summed E-state index contributed by atoms with van der Waals surface area (Å²) in [4.78, 5) is 7.82. The van der Waals surface area contributed by atoms with Gasteiger partial charge in [0.05, 0.1) is 12.4 Å². The number of nitrogen functional groups attached to an aromatic ring is 1. The molecule has 0 spiro atoms. The average Bonchev–Trinajstić information content (AvgIpc) is 2.70. The van der Waals surface area contributed by atoms with Crippen molar-refractivity contribution in [3.63, 3.8) is 0 Å². The fraction of sp³-hybridized carbons (Fsp3) is 0. The quantitative estimate of drug-likeness (QED) is 0.633. The highest BCUT2D eigenvalue weighted by molar-refractivity contribution is 5.54. The number of hydrogen-bond acceptors (Lipinski definition) is 6. The van der Waals surface area contributed by atoms with E-state index >= 15 is 0 Å². The first-order valence-electron chi connectivity index (χ1n) is 3.70. The predicted octanol–water partition coefficient (Wildman–Crippen LogP) is -0.284. The minimum absolute atomic E-state index is 0.139. The van der Waals surface area contributed by atoms with Gasteiger partial charge in [0.25, 0.3) is 0 Å². The van der Waals surface area contributed by atoms with Gasteiger partial charge in [-0.05, 0) is 0 Å². The van der Waals surface area contributed by atoms with E-state index in [4.69, 9.17) is 11.0 Å². The highest BCUT2D eigenvalue weighted by Crippen LogP contribution is 2.12. The number of nitrogens with zero attached hydrogens (tertiary/aromatic N) is 5. The Hall–Kier alpha value is -2.49. The molecule has 2 aromatic rings. The molecular formula is C7H5N7. The van der Waals surface area contributed by atoms with Crippen molar-refractivity contribution in [1.82, 2.24) is 25.4 Å². The molecule has 0 radical (unpaired) electrons. The van der Waals surface area contributed by atoms with Gasteiger partial charge in [-0.2, -0.15) is 20.7 Å². The van der Waals surface area contributed by atoms with Crippen LogP contribution in [0, 0.1) is 11.3 Å². The summed E-state index contributed by atoms with van der Waals surface area (Å²) in [5.74, 6) is 0.482. The number of aromatic nitrogens is 5. The Bertz CT molecular complexity index is 481. The van der Waals surface area contributed by atoms with Crippen LogP contribution in [0.25, 0.3) is 11.5 Å². The number of rotatable bonds is 1. The molecule has 68 valence electrons. The van der Waals surface area contributed by atoms with Crippen molar-refractivity contribution in [2.75, 3.05) is 5.73 Å². The Kier molecular flexibility index (Phi) is 1.80. The van der Waals surface area contributed by atoms with Crippen molar-refractivity contribution in [3.05, 3.63) is 18.0 Å². The molecule has 7 nitrogen and oxygen atoms in total. The Balaban J connectivity index is 2.49. The molecule has 0 fully saturated rings. The fourth-order valence-electron chi connectivity index (χ4n) is 0.914. The monoisotopic (exact) mass is 187 g/mol. The number of anilines is 1. The van der Waals surface area contributed by atoms with Crippen LogP contribution in [0.4, 0.5) is 5.82 Å². The molecule has 2 heterocycles. The molecular weight excluding hydrogens is 182 g/mol. The Morgan fingerprint density at radius 1 is 1.43 bits per heavy atom. The molecule has 0 aliphatic carbocycles. The van der Waals surface area contributed by atoms with E-state index in [0.29, 0.717) is 11.5 Å². The molecule has 0 unspecified atom stereocenters. The zero-order valence-electron chi connectivity index (χ0n) is 6.97. The Morgan fingerprint density at radius 3 is 2.86 bits per heavy atom. The first kappa shape index (κ1) is 8.12. The van der Waals surface area contributed by atoms with Gasteiger partial charge in [0.15, 0.2) is 5.82 Å². The van der Waals surface area contributed by atoms with Gasteiger partial charge in [-0.15, -0.1) is 0 Å². The van der Waals surface area contributed by atoms with E-state index in [0.717, 1.165) is 0 Å². The molecule has 0 aliphatic heterocycles. The highest BCUT2D eigenvalue weighted by Gasteiger charge is 2.07. The van der Waals surface area contributed by atoms with E-state index in [9.17, 15) is 0 Å². The second-order valence-electron chi connectivity index (χ2n) is 2.46. The number of nitrogens with one attached hydrogen (secondary N) is 1. The maximum Gasteiger partial charge on any atom is 0.183 e. The van der Waals surface area contributed by atoms with E-state index < -0.39 is 0 Å². The molecule has 0 saturated heterocycles. The Labute approximate surface area is 78.6 Å². The summed E-state index contributed by atoms with van der Waals surface area (Å²) in [6, 6.07) is 1.87. The number of H-pyrrole nitrogens is 1. The second kappa shape index (κ2) is 3.10. The fourth-order valence-corrected chi connectivity index (χ4v) is 0.914. The molecule has 14 heavy (non-hydrogen) atoms. The van der Waals surface area contributed by atoms with Gasteiger partial charge in [-0.25, -0.2) is 9.97 Å². The van der Waals surface area contributed by atoms with E-state index in [2.05, 4.69) is 25.4 Å². The zero-order valence-corrected chi connectivity index (χ0v) is 6.97. The minimum Gasteiger partial charge on any atom is -0.382 e. The summed E-state index contributed by atoms with van der Waals surface area (Å²) < 4.78 is 0. The van der Waals surface area contributed by atoms with Crippen molar-refractivity contribution >= 4 is 5.82 Å². The molecule has 2 rings (SSSR count). The molecule has 0 aliphatic rings. The van der Waals surface area contributed by atoms with Crippen LogP contribution in [0.1, 0.15) is 5.56 Å². The lowest BCUT2D eigenvalue weighted by Crippen LogP contribution is -1.99. The lowest BCUT2D eigenvalue weighted by atomic mass is 10.3. The normalized spacial score (nSPS) is 9.64. The molecule has 3 N–H and O–H groups in total. The molecule has 0 amide bonds. The van der Waals surface area contributed by atoms with Gasteiger partial charge in [0, 0.05) is 0 Å². The maximum atomic E-state index is 8.60. The zero-order chi connectivity index (χ0) is 9.97. The molecule has 7 heteroatoms. The molecule has 2 aromatic heterocycles. The largest absolute Gasteiger partial charge is 0.382 e. The van der Waals surface area contributed by atoms with Gasteiger partial charge < -0.3 is 5.73 Å². The van der Waals surface area contributed by atoms with Gasteiger partial charge in [0.2, 0.25) is 0 Å². The van der Waals surface area contributed by atoms with Crippen LogP contribution in [0.15, 0.2) is 12.4 Å². The van der Waals surface area contributed by atoms with Crippen molar-refractivity contribution in [2.45, 2.75) is 0 Å². The Morgan fingerprint density at radius 2 is 2.29 bits per heavy atom. The van der Waals surface area contributed by atoms with Crippen LogP contribution in [0.5, 0.6) is 0 Å². The second-order valence-corrected chi connectivity index (χ2v) is 2.46. The van der Waals surface area contributed by atoms with Crippen LogP contribution < -0.4 is 5.73 Å². The maximum absolute atomic E-state index is 8.60. The van der Waals surface area contributed by atoms with E-state index in [1.165, 1.54) is 12.4 Å². The van der Waals surface area contributed by atoms with Crippen molar-refractivity contribution < 1.29 is 0 Å². The molecule has 0 aromatic carbocycles. The smallest absolute Gasteiger partial charge is 0.183 e. The summed E-state index contributed by atoms with van der Waals surface area (Å²) in [7, 11) is 0. The number of nitrogens with two attached hydrogens (primary N) is 1. The van der Waals surface area contributed by atoms with Crippen molar-refractivity contribution in [2.24, 2.45) is 0 Å². The lowest BCUT2D eigenvalue weighted by Gasteiger charge is -1.97. The number of hydrogen-bond donors (Lipinski definition) is 2. The molecule has 0 bridgehead atoms. The average molecular weight is 187 g/mol. The van der Waals surface area contributed by atoms with Gasteiger partial charge in [-0.1, -0.05) is 0 Å². The third-order valence-electron chi connectivity index (χ3n) is 1.58. The summed E-state index contributed by atoms with van der Waals surface area (Å²) in [5.41, 5.74) is 6.24. The van der Waals surface area contributed by atoms with Gasteiger partial charge in [-0.3, -0.25) is 0 Å². The van der Waals surface area contributed by atoms with Crippen molar-refractivity contribution in [3.8, 4) is 17.6 Å². The van der Waals surface area contributed by atoms with E-state index in [1.54, 1.807) is 0 Å². The molecule has 0 atom stereocenters. The summed E-state index contributed by atoms with van der Waals surface area (Å²) in [6.07, 6.45) is 2.83. The van der Waals surface area contributed by atoms with Crippen LogP contribution in [0.3, 0.4) is 0 Å². The third kappa shape index (κ3) is 1.25. The summed E-state index contributed by atoms with van der Waals surface area (Å²) in [6.45, 7) is 0.